The number of pyridine rings is 2. The van der Waals surface area contributed by atoms with E-state index in [0.29, 0.717) is 0 Å². The van der Waals surface area contributed by atoms with Crippen molar-refractivity contribution in [1.29, 1.82) is 0 Å². The van der Waals surface area contributed by atoms with Gasteiger partial charge in [-0.2, -0.15) is 0 Å². The van der Waals surface area contributed by atoms with E-state index in [1.807, 2.05) is 18.2 Å². The molecule has 0 N–H and O–H groups in total. The molecule has 0 bridgehead atoms. The average molecular weight is 314 g/mol. The summed E-state index contributed by atoms with van der Waals surface area (Å²) in [6.07, 6.45) is 5.29. The van der Waals surface area contributed by atoms with Gasteiger partial charge in [0.05, 0.1) is 5.69 Å². The van der Waals surface area contributed by atoms with Crippen molar-refractivity contribution in [1.82, 2.24) is 9.97 Å². The molecule has 14 heavy (non-hydrogen) atoms. The summed E-state index contributed by atoms with van der Waals surface area (Å²) in [5, 5.41) is 0. The Kier molecular flexibility index (Phi) is 2.93. The number of halogens is 2. The minimum Gasteiger partial charge on any atom is -0.265 e. The molecule has 70 valence electrons. The number of nitrogens with zero attached hydrogens (tertiary/aromatic N) is 2. The van der Waals surface area contributed by atoms with Crippen LogP contribution in [0.5, 0.6) is 0 Å². The quantitative estimate of drug-likeness (QED) is 0.803. The molecule has 0 spiro atoms. The lowest BCUT2D eigenvalue weighted by Crippen LogP contribution is -1.85. The monoisotopic (exact) mass is 312 g/mol. The van der Waals surface area contributed by atoms with Gasteiger partial charge in [-0.05, 0) is 50.1 Å². The Morgan fingerprint density at radius 1 is 1.07 bits per heavy atom. The van der Waals surface area contributed by atoms with Crippen molar-refractivity contribution in [2.45, 2.75) is 0 Å². The summed E-state index contributed by atoms with van der Waals surface area (Å²) in [6.45, 7) is 0. The molecule has 0 aromatic carbocycles. The summed E-state index contributed by atoms with van der Waals surface area (Å²) in [5.74, 6) is 0. The van der Waals surface area contributed by atoms with E-state index in [1.165, 1.54) is 0 Å². The van der Waals surface area contributed by atoms with E-state index < -0.39 is 0 Å². The van der Waals surface area contributed by atoms with Gasteiger partial charge in [0.2, 0.25) is 0 Å². The fourth-order valence-electron chi connectivity index (χ4n) is 1.14. The van der Waals surface area contributed by atoms with Crippen LogP contribution in [0.15, 0.2) is 45.7 Å². The minimum atomic E-state index is 0.926. The topological polar surface area (TPSA) is 25.8 Å². The van der Waals surface area contributed by atoms with Crippen molar-refractivity contribution in [2.75, 3.05) is 0 Å². The molecule has 4 heteroatoms. The van der Waals surface area contributed by atoms with Gasteiger partial charge in [-0.1, -0.05) is 0 Å². The molecule has 2 heterocycles. The van der Waals surface area contributed by atoms with E-state index in [4.69, 9.17) is 0 Å². The van der Waals surface area contributed by atoms with Gasteiger partial charge in [0.1, 0.15) is 0 Å². The molecular formula is C10H6Br2N2. The Hall–Kier alpha value is -0.740. The molecule has 0 radical (unpaired) electrons. The lowest BCUT2D eigenvalue weighted by Gasteiger charge is -2.02. The lowest BCUT2D eigenvalue weighted by molar-refractivity contribution is 1.27. The van der Waals surface area contributed by atoms with Crippen LogP contribution in [0.2, 0.25) is 0 Å². The van der Waals surface area contributed by atoms with Crippen LogP contribution in [-0.4, -0.2) is 9.97 Å². The van der Waals surface area contributed by atoms with Crippen LogP contribution >= 0.6 is 31.9 Å². The van der Waals surface area contributed by atoms with Gasteiger partial charge in [0.15, 0.2) is 0 Å². The maximum atomic E-state index is 4.33. The van der Waals surface area contributed by atoms with Gasteiger partial charge in [-0.15, -0.1) is 0 Å². The van der Waals surface area contributed by atoms with Crippen LogP contribution in [0.4, 0.5) is 0 Å². The van der Waals surface area contributed by atoms with Gasteiger partial charge < -0.3 is 0 Å². The molecule has 2 rings (SSSR count). The van der Waals surface area contributed by atoms with E-state index in [0.717, 1.165) is 20.2 Å². The first-order valence-electron chi connectivity index (χ1n) is 3.99. The number of hydrogen-bond acceptors (Lipinski definition) is 2. The Balaban J connectivity index is 2.53. The third-order valence-electron chi connectivity index (χ3n) is 1.76. The zero-order valence-electron chi connectivity index (χ0n) is 7.11. The zero-order valence-corrected chi connectivity index (χ0v) is 10.3. The Labute approximate surface area is 98.7 Å². The predicted molar refractivity (Wildman–Crippen MR) is 62.9 cm³/mol. The zero-order chi connectivity index (χ0) is 9.97. The second-order valence-electron chi connectivity index (χ2n) is 2.72. The summed E-state index contributed by atoms with van der Waals surface area (Å²) in [7, 11) is 0. The van der Waals surface area contributed by atoms with Crippen LogP contribution in [0.3, 0.4) is 0 Å². The van der Waals surface area contributed by atoms with Crippen LogP contribution in [-0.2, 0) is 0 Å². The predicted octanol–water partition coefficient (Wildman–Crippen LogP) is 3.67. The average Bonchev–Trinajstić information content (AvgIpc) is 2.19. The fraction of sp³-hybridized carbons (Fsp3) is 0. The summed E-state index contributed by atoms with van der Waals surface area (Å²) in [6, 6.07) is 5.84. The Morgan fingerprint density at radius 3 is 2.43 bits per heavy atom. The summed E-state index contributed by atoms with van der Waals surface area (Å²) in [5.41, 5.74) is 1.98. The van der Waals surface area contributed by atoms with Gasteiger partial charge in [-0.3, -0.25) is 9.97 Å². The number of rotatable bonds is 1. The van der Waals surface area contributed by atoms with Gasteiger partial charge in [0.25, 0.3) is 0 Å². The van der Waals surface area contributed by atoms with Crippen LogP contribution in [0, 0.1) is 0 Å². The first-order chi connectivity index (χ1) is 6.77. The molecule has 0 aliphatic heterocycles. The van der Waals surface area contributed by atoms with E-state index in [-0.39, 0.29) is 0 Å². The highest BCUT2D eigenvalue weighted by atomic mass is 79.9. The molecular weight excluding hydrogens is 308 g/mol. The molecule has 0 atom stereocenters. The van der Waals surface area contributed by atoms with Crippen LogP contribution < -0.4 is 0 Å². The first-order valence-corrected chi connectivity index (χ1v) is 5.57. The van der Waals surface area contributed by atoms with E-state index in [9.17, 15) is 0 Å². The molecule has 0 aliphatic rings. The standard InChI is InChI=1S/C10H6Br2N2/c11-8-5-9(12)10(14-6-8)7-1-3-13-4-2-7/h1-6H. The van der Waals surface area contributed by atoms with Gasteiger partial charge in [-0.25, -0.2) is 0 Å². The largest absolute Gasteiger partial charge is 0.265 e. The van der Waals surface area contributed by atoms with E-state index >= 15 is 0 Å². The highest BCUT2D eigenvalue weighted by molar-refractivity contribution is 9.11. The maximum Gasteiger partial charge on any atom is 0.0845 e. The van der Waals surface area contributed by atoms with Crippen LogP contribution in [0.25, 0.3) is 11.3 Å². The van der Waals surface area contributed by atoms with Crippen molar-refractivity contribution in [3.8, 4) is 11.3 Å². The highest BCUT2D eigenvalue weighted by Gasteiger charge is 2.04. The normalized spacial score (nSPS) is 10.1. The van der Waals surface area contributed by atoms with Crippen molar-refractivity contribution in [3.05, 3.63) is 45.7 Å². The molecule has 2 aromatic heterocycles. The van der Waals surface area contributed by atoms with Crippen molar-refractivity contribution >= 4 is 31.9 Å². The van der Waals surface area contributed by atoms with Gasteiger partial charge >= 0.3 is 0 Å². The third kappa shape index (κ3) is 2.01. The van der Waals surface area contributed by atoms with Crippen molar-refractivity contribution in [3.63, 3.8) is 0 Å². The SMILES string of the molecule is Brc1cnc(-c2ccncc2)c(Br)c1. The van der Waals surface area contributed by atoms with Crippen LogP contribution in [0.1, 0.15) is 0 Å². The summed E-state index contributed by atoms with van der Waals surface area (Å²) < 4.78 is 1.93. The molecule has 0 saturated carbocycles. The Bertz CT molecular complexity index is 443. The third-order valence-corrected chi connectivity index (χ3v) is 2.80. The number of aromatic nitrogens is 2. The Morgan fingerprint density at radius 2 is 1.79 bits per heavy atom. The molecule has 2 aromatic rings. The summed E-state index contributed by atoms with van der Waals surface area (Å²) >= 11 is 6.83. The smallest absolute Gasteiger partial charge is 0.0845 e. The van der Waals surface area contributed by atoms with Crippen molar-refractivity contribution < 1.29 is 0 Å². The first kappa shape index (κ1) is 9.80. The van der Waals surface area contributed by atoms with E-state index in [1.54, 1.807) is 18.6 Å². The molecule has 0 amide bonds. The van der Waals surface area contributed by atoms with Crippen molar-refractivity contribution in [2.24, 2.45) is 0 Å². The second-order valence-corrected chi connectivity index (χ2v) is 4.49. The van der Waals surface area contributed by atoms with Gasteiger partial charge in [0, 0.05) is 33.1 Å². The molecule has 2 nitrogen and oxygen atoms in total. The maximum absolute atomic E-state index is 4.33. The minimum absolute atomic E-state index is 0.926. The molecule has 0 unspecified atom stereocenters. The lowest BCUT2D eigenvalue weighted by atomic mass is 10.2. The second kappa shape index (κ2) is 4.19. The fourth-order valence-corrected chi connectivity index (χ4v) is 2.35. The number of hydrogen-bond donors (Lipinski definition) is 0. The molecule has 0 saturated heterocycles. The molecule has 0 aliphatic carbocycles. The summed E-state index contributed by atoms with van der Waals surface area (Å²) in [4.78, 5) is 8.29. The highest BCUT2D eigenvalue weighted by Crippen LogP contribution is 2.27. The van der Waals surface area contributed by atoms with E-state index in [2.05, 4.69) is 41.8 Å². The molecule has 0 fully saturated rings.